The third-order valence-electron chi connectivity index (χ3n) is 5.56. The molecule has 0 saturated carbocycles. The second kappa shape index (κ2) is 8.99. The summed E-state index contributed by atoms with van der Waals surface area (Å²) in [6.07, 6.45) is 2.71. The van der Waals surface area contributed by atoms with Gasteiger partial charge >= 0.3 is 0 Å². The van der Waals surface area contributed by atoms with E-state index in [2.05, 4.69) is 15.1 Å². The highest BCUT2D eigenvalue weighted by Gasteiger charge is 2.31. The number of ketones is 1. The Balaban J connectivity index is 1.53. The van der Waals surface area contributed by atoms with E-state index >= 15 is 0 Å². The van der Waals surface area contributed by atoms with Crippen molar-refractivity contribution in [1.82, 2.24) is 19.8 Å². The van der Waals surface area contributed by atoms with Gasteiger partial charge in [-0.25, -0.2) is 4.98 Å². The number of H-pyrrole nitrogens is 1. The van der Waals surface area contributed by atoms with Crippen LogP contribution in [0.25, 0.3) is 10.9 Å². The number of pyridine rings is 1. The second-order valence-electron chi connectivity index (χ2n) is 7.39. The lowest BCUT2D eigenvalue weighted by molar-refractivity contribution is -0.127. The fourth-order valence-corrected chi connectivity index (χ4v) is 3.83. The monoisotopic (exact) mass is 450 g/mol. The van der Waals surface area contributed by atoms with Gasteiger partial charge in [-0.1, -0.05) is 23.4 Å². The predicted molar refractivity (Wildman–Crippen MR) is 118 cm³/mol. The first-order valence-corrected chi connectivity index (χ1v) is 10.2. The zero-order chi connectivity index (χ0) is 23.5. The van der Waals surface area contributed by atoms with Crippen LogP contribution in [0.1, 0.15) is 26.4 Å². The molecule has 11 heteroatoms. The van der Waals surface area contributed by atoms with Crippen molar-refractivity contribution in [2.75, 3.05) is 33.3 Å². The number of hydrogen-bond acceptors (Lipinski definition) is 7. The van der Waals surface area contributed by atoms with Gasteiger partial charge in [0.15, 0.2) is 5.84 Å². The Labute approximate surface area is 188 Å². The van der Waals surface area contributed by atoms with Gasteiger partial charge in [-0.3, -0.25) is 14.4 Å². The first-order chi connectivity index (χ1) is 16.0. The van der Waals surface area contributed by atoms with Gasteiger partial charge in [-0.2, -0.15) is 0 Å². The molecule has 1 saturated heterocycles. The number of amides is 2. The van der Waals surface area contributed by atoms with E-state index in [1.165, 1.54) is 24.4 Å². The maximum atomic E-state index is 13.1. The summed E-state index contributed by atoms with van der Waals surface area (Å²) in [7, 11) is 1.41. The first-order valence-electron chi connectivity index (χ1n) is 10.2. The largest absolute Gasteiger partial charge is 0.494 e. The second-order valence-corrected chi connectivity index (χ2v) is 7.39. The van der Waals surface area contributed by atoms with Crippen LogP contribution in [0.4, 0.5) is 0 Å². The topological polar surface area (TPSA) is 154 Å². The lowest BCUT2D eigenvalue weighted by atomic mass is 10.1. The summed E-state index contributed by atoms with van der Waals surface area (Å²) in [6.45, 7) is 1.11. The van der Waals surface area contributed by atoms with Gasteiger partial charge in [-0.05, 0) is 12.1 Å². The summed E-state index contributed by atoms with van der Waals surface area (Å²) in [5.74, 6) is -1.53. The number of aromatic amines is 1. The third-order valence-corrected chi connectivity index (χ3v) is 5.56. The Bertz CT molecular complexity index is 1240. The van der Waals surface area contributed by atoms with Gasteiger partial charge in [0.1, 0.15) is 11.4 Å². The highest BCUT2D eigenvalue weighted by Crippen LogP contribution is 2.30. The van der Waals surface area contributed by atoms with Gasteiger partial charge < -0.3 is 30.5 Å². The van der Waals surface area contributed by atoms with Crippen LogP contribution in [0.15, 0.2) is 47.9 Å². The minimum absolute atomic E-state index is 0.0871. The standard InChI is InChI=1S/C22H22N6O5/c1-33-15-12-25-18(20(23)26-32)17-16(15)14(11-24-17)19(29)22(31)28-9-7-27(8-10-28)21(30)13-5-3-2-4-6-13/h2-6,11-12,24,32H,7-10H2,1H3,(H2,23,26). The number of nitrogens with two attached hydrogens (primary N) is 1. The van der Waals surface area contributed by atoms with Crippen molar-refractivity contribution >= 4 is 34.3 Å². The Kier molecular flexibility index (Phi) is 5.94. The van der Waals surface area contributed by atoms with Crippen molar-refractivity contribution in [3.8, 4) is 5.75 Å². The highest BCUT2D eigenvalue weighted by atomic mass is 16.5. The molecule has 4 N–H and O–H groups in total. The lowest BCUT2D eigenvalue weighted by Crippen LogP contribution is -2.52. The summed E-state index contributed by atoms with van der Waals surface area (Å²) < 4.78 is 5.31. The van der Waals surface area contributed by atoms with Crippen molar-refractivity contribution in [1.29, 1.82) is 0 Å². The zero-order valence-electron chi connectivity index (χ0n) is 17.8. The van der Waals surface area contributed by atoms with Crippen molar-refractivity contribution in [2.24, 2.45) is 10.9 Å². The van der Waals surface area contributed by atoms with Crippen LogP contribution in [0.5, 0.6) is 5.75 Å². The minimum Gasteiger partial charge on any atom is -0.494 e. The molecule has 11 nitrogen and oxygen atoms in total. The molecule has 1 aliphatic heterocycles. The van der Waals surface area contributed by atoms with Crippen LogP contribution in [0, 0.1) is 0 Å². The number of Topliss-reactive ketones (excluding diaryl/α,β-unsaturated/α-hetero) is 1. The summed E-state index contributed by atoms with van der Waals surface area (Å²) in [4.78, 5) is 48.7. The molecule has 4 rings (SSSR count). The molecule has 1 fully saturated rings. The molecule has 1 aromatic carbocycles. The average Bonchev–Trinajstić information content (AvgIpc) is 3.32. The molecule has 170 valence electrons. The maximum Gasteiger partial charge on any atom is 0.295 e. The number of carbonyl (C=O) groups is 3. The van der Waals surface area contributed by atoms with Crippen LogP contribution in [-0.2, 0) is 4.79 Å². The molecule has 2 amide bonds. The zero-order valence-corrected chi connectivity index (χ0v) is 17.8. The SMILES string of the molecule is COc1cnc(C(N)=NO)c2[nH]cc(C(=O)C(=O)N3CCN(C(=O)c4ccccc4)CC3)c12. The molecular weight excluding hydrogens is 428 g/mol. The number of piperazine rings is 1. The van der Waals surface area contributed by atoms with E-state index in [9.17, 15) is 14.4 Å². The Morgan fingerprint density at radius 1 is 1.12 bits per heavy atom. The number of amidine groups is 1. The maximum absolute atomic E-state index is 13.1. The van der Waals surface area contributed by atoms with E-state index < -0.39 is 11.7 Å². The number of oxime groups is 1. The number of nitrogens with one attached hydrogen (secondary N) is 1. The molecule has 0 bridgehead atoms. The van der Waals surface area contributed by atoms with Gasteiger partial charge in [0, 0.05) is 37.9 Å². The number of fused-ring (bicyclic) bond motifs is 1. The minimum atomic E-state index is -0.737. The summed E-state index contributed by atoms with van der Waals surface area (Å²) in [5, 5.41) is 12.3. The molecule has 0 radical (unpaired) electrons. The fraction of sp³-hybridized carbons (Fsp3) is 0.227. The number of ether oxygens (including phenoxy) is 1. The molecule has 0 aliphatic carbocycles. The van der Waals surface area contributed by atoms with Gasteiger partial charge in [0.2, 0.25) is 0 Å². The molecule has 1 aliphatic rings. The highest BCUT2D eigenvalue weighted by molar-refractivity contribution is 6.45. The smallest absolute Gasteiger partial charge is 0.295 e. The predicted octanol–water partition coefficient (Wildman–Crippen LogP) is 0.833. The van der Waals surface area contributed by atoms with Crippen LogP contribution >= 0.6 is 0 Å². The van der Waals surface area contributed by atoms with Gasteiger partial charge in [0.05, 0.1) is 29.8 Å². The van der Waals surface area contributed by atoms with E-state index in [1.54, 1.807) is 29.2 Å². The quantitative estimate of drug-likeness (QED) is 0.130. The summed E-state index contributed by atoms with van der Waals surface area (Å²) >= 11 is 0. The van der Waals surface area contributed by atoms with Crippen LogP contribution < -0.4 is 10.5 Å². The number of hydrogen-bond donors (Lipinski definition) is 3. The first kappa shape index (κ1) is 21.8. The van der Waals surface area contributed by atoms with Crippen LogP contribution in [-0.4, -0.2) is 81.7 Å². The number of benzene rings is 1. The van der Waals surface area contributed by atoms with Crippen LogP contribution in [0.3, 0.4) is 0 Å². The number of nitrogens with zero attached hydrogens (tertiary/aromatic N) is 4. The molecule has 0 spiro atoms. The van der Waals surface area contributed by atoms with E-state index in [-0.39, 0.29) is 41.8 Å². The molecule has 2 aromatic heterocycles. The van der Waals surface area contributed by atoms with Crippen molar-refractivity contribution < 1.29 is 24.3 Å². The average molecular weight is 450 g/mol. The van der Waals surface area contributed by atoms with Gasteiger partial charge in [-0.15, -0.1) is 0 Å². The molecular formula is C22H22N6O5. The Morgan fingerprint density at radius 2 is 1.79 bits per heavy atom. The van der Waals surface area contributed by atoms with E-state index in [1.807, 2.05) is 6.07 Å². The Morgan fingerprint density at radius 3 is 2.42 bits per heavy atom. The third kappa shape index (κ3) is 3.95. The Hall–Kier alpha value is -4.41. The van der Waals surface area contributed by atoms with Gasteiger partial charge in [0.25, 0.3) is 17.6 Å². The van der Waals surface area contributed by atoms with E-state index in [0.29, 0.717) is 29.6 Å². The number of methoxy groups -OCH3 is 1. The van der Waals surface area contributed by atoms with Crippen molar-refractivity contribution in [3.05, 3.63) is 59.5 Å². The van der Waals surface area contributed by atoms with E-state index in [4.69, 9.17) is 15.7 Å². The number of rotatable bonds is 5. The normalized spacial score (nSPS) is 14.4. The molecule has 3 heterocycles. The van der Waals surface area contributed by atoms with Crippen LogP contribution in [0.2, 0.25) is 0 Å². The number of aromatic nitrogens is 2. The molecule has 33 heavy (non-hydrogen) atoms. The van der Waals surface area contributed by atoms with Crippen molar-refractivity contribution in [3.63, 3.8) is 0 Å². The fourth-order valence-electron chi connectivity index (χ4n) is 3.83. The molecule has 0 atom stereocenters. The lowest BCUT2D eigenvalue weighted by Gasteiger charge is -2.34. The van der Waals surface area contributed by atoms with Crippen molar-refractivity contribution in [2.45, 2.75) is 0 Å². The molecule has 0 unspecified atom stereocenters. The molecule has 3 aromatic rings. The summed E-state index contributed by atoms with van der Waals surface area (Å²) in [6, 6.07) is 8.91. The van der Waals surface area contributed by atoms with E-state index in [0.717, 1.165) is 0 Å². The summed E-state index contributed by atoms with van der Waals surface area (Å²) in [5.41, 5.74) is 6.77. The number of carbonyl (C=O) groups excluding carboxylic acids is 3.